The summed E-state index contributed by atoms with van der Waals surface area (Å²) < 4.78 is 13.9. The Hall–Kier alpha value is -2.86. The van der Waals surface area contributed by atoms with Gasteiger partial charge in [-0.2, -0.15) is 0 Å². The van der Waals surface area contributed by atoms with E-state index in [1.165, 1.54) is 12.1 Å². The first-order valence-corrected chi connectivity index (χ1v) is 7.51. The summed E-state index contributed by atoms with van der Waals surface area (Å²) in [5.74, 6) is 0.0449. The number of anilines is 3. The van der Waals surface area contributed by atoms with Crippen molar-refractivity contribution in [3.05, 3.63) is 59.5 Å². The molecular weight excluding hydrogens is 331 g/mol. The van der Waals surface area contributed by atoms with Crippen molar-refractivity contribution in [1.29, 1.82) is 0 Å². The molecule has 7 heteroatoms. The Labute approximate surface area is 143 Å². The van der Waals surface area contributed by atoms with E-state index in [1.807, 2.05) is 0 Å². The SMILES string of the molecule is CNc1nccc(-c2cc(Nc3ccc(Cl)cc3F)ccc2O)n1. The van der Waals surface area contributed by atoms with Gasteiger partial charge in [0.15, 0.2) is 0 Å². The monoisotopic (exact) mass is 344 g/mol. The molecule has 3 aromatic rings. The second-order valence-electron chi connectivity index (χ2n) is 5.00. The highest BCUT2D eigenvalue weighted by Gasteiger charge is 2.10. The van der Waals surface area contributed by atoms with Gasteiger partial charge in [0.2, 0.25) is 5.95 Å². The van der Waals surface area contributed by atoms with Crippen LogP contribution in [0.1, 0.15) is 0 Å². The molecular formula is C17H14ClFN4O. The Morgan fingerprint density at radius 1 is 1.12 bits per heavy atom. The predicted octanol–water partition coefficient (Wildman–Crippen LogP) is 4.43. The standard InChI is InChI=1S/C17H14ClFN4O/c1-20-17-21-7-6-14(23-17)12-9-11(3-5-16(12)24)22-15-4-2-10(18)8-13(15)19/h2-9,22,24H,1H3,(H,20,21,23). The third kappa shape index (κ3) is 3.38. The maximum atomic E-state index is 13.9. The summed E-state index contributed by atoms with van der Waals surface area (Å²) >= 11 is 5.75. The smallest absolute Gasteiger partial charge is 0.222 e. The average molecular weight is 345 g/mol. The maximum Gasteiger partial charge on any atom is 0.222 e. The van der Waals surface area contributed by atoms with Gasteiger partial charge in [-0.25, -0.2) is 14.4 Å². The lowest BCUT2D eigenvalue weighted by Gasteiger charge is -2.11. The lowest BCUT2D eigenvalue weighted by molar-refractivity contribution is 0.477. The number of nitrogens with zero attached hydrogens (tertiary/aromatic N) is 2. The van der Waals surface area contributed by atoms with Crippen LogP contribution in [0, 0.1) is 5.82 Å². The minimum absolute atomic E-state index is 0.0675. The molecule has 0 radical (unpaired) electrons. The van der Waals surface area contributed by atoms with Crippen LogP contribution in [0.2, 0.25) is 5.02 Å². The summed E-state index contributed by atoms with van der Waals surface area (Å²) in [5, 5.41) is 16.2. The quantitative estimate of drug-likeness (QED) is 0.611. The highest BCUT2D eigenvalue weighted by atomic mass is 35.5. The lowest BCUT2D eigenvalue weighted by Crippen LogP contribution is -1.98. The number of phenols is 1. The van der Waals surface area contributed by atoms with E-state index in [1.54, 1.807) is 43.6 Å². The first kappa shape index (κ1) is 16.0. The number of nitrogens with one attached hydrogen (secondary N) is 2. The Bertz CT molecular complexity index is 888. The van der Waals surface area contributed by atoms with Crippen molar-refractivity contribution >= 4 is 28.9 Å². The van der Waals surface area contributed by atoms with Gasteiger partial charge in [0, 0.05) is 29.5 Å². The molecule has 0 fully saturated rings. The van der Waals surface area contributed by atoms with E-state index < -0.39 is 5.82 Å². The molecule has 2 aromatic carbocycles. The second kappa shape index (κ2) is 6.72. The average Bonchev–Trinajstić information content (AvgIpc) is 2.59. The van der Waals surface area contributed by atoms with Crippen molar-refractivity contribution in [2.24, 2.45) is 0 Å². The molecule has 3 N–H and O–H groups in total. The summed E-state index contributed by atoms with van der Waals surface area (Å²) in [6, 6.07) is 10.9. The van der Waals surface area contributed by atoms with Crippen LogP contribution in [-0.2, 0) is 0 Å². The zero-order chi connectivity index (χ0) is 17.1. The predicted molar refractivity (Wildman–Crippen MR) is 93.4 cm³/mol. The number of phenolic OH excluding ortho intramolecular Hbond substituents is 1. The van der Waals surface area contributed by atoms with E-state index in [0.29, 0.717) is 27.9 Å². The van der Waals surface area contributed by atoms with Crippen LogP contribution >= 0.6 is 11.6 Å². The number of benzene rings is 2. The Morgan fingerprint density at radius 2 is 1.96 bits per heavy atom. The number of halogens is 2. The minimum Gasteiger partial charge on any atom is -0.507 e. The van der Waals surface area contributed by atoms with Gasteiger partial charge in [-0.15, -0.1) is 0 Å². The molecule has 122 valence electrons. The van der Waals surface area contributed by atoms with Crippen LogP contribution in [-0.4, -0.2) is 22.1 Å². The molecule has 0 aliphatic carbocycles. The number of rotatable bonds is 4. The molecule has 0 saturated heterocycles. The van der Waals surface area contributed by atoms with Crippen molar-refractivity contribution in [3.63, 3.8) is 0 Å². The van der Waals surface area contributed by atoms with Crippen LogP contribution in [0.25, 0.3) is 11.3 Å². The van der Waals surface area contributed by atoms with Crippen LogP contribution in [0.15, 0.2) is 48.7 Å². The summed E-state index contributed by atoms with van der Waals surface area (Å²) in [6.07, 6.45) is 1.59. The van der Waals surface area contributed by atoms with E-state index in [2.05, 4.69) is 20.6 Å². The largest absolute Gasteiger partial charge is 0.507 e. The summed E-state index contributed by atoms with van der Waals surface area (Å²) in [5.41, 5.74) is 1.95. The molecule has 0 saturated carbocycles. The zero-order valence-electron chi connectivity index (χ0n) is 12.7. The summed E-state index contributed by atoms with van der Waals surface area (Å²) in [6.45, 7) is 0. The molecule has 0 aliphatic heterocycles. The third-order valence-corrected chi connectivity index (χ3v) is 3.60. The van der Waals surface area contributed by atoms with Gasteiger partial charge in [0.1, 0.15) is 11.6 Å². The molecule has 3 rings (SSSR count). The minimum atomic E-state index is -0.461. The van der Waals surface area contributed by atoms with Gasteiger partial charge in [-0.05, 0) is 42.5 Å². The Kier molecular flexibility index (Phi) is 4.48. The number of aromatic nitrogens is 2. The van der Waals surface area contributed by atoms with Gasteiger partial charge in [0.05, 0.1) is 11.4 Å². The van der Waals surface area contributed by atoms with Crippen molar-refractivity contribution in [1.82, 2.24) is 9.97 Å². The normalized spacial score (nSPS) is 10.5. The summed E-state index contributed by atoms with van der Waals surface area (Å²) in [4.78, 5) is 8.34. The fourth-order valence-corrected chi connectivity index (χ4v) is 2.35. The first-order valence-electron chi connectivity index (χ1n) is 7.13. The molecule has 0 aliphatic rings. The number of aromatic hydroxyl groups is 1. The van der Waals surface area contributed by atoms with Crippen molar-refractivity contribution in [3.8, 4) is 17.0 Å². The van der Waals surface area contributed by atoms with Gasteiger partial charge in [0.25, 0.3) is 0 Å². The van der Waals surface area contributed by atoms with Gasteiger partial charge < -0.3 is 15.7 Å². The lowest BCUT2D eigenvalue weighted by atomic mass is 10.1. The molecule has 0 unspecified atom stereocenters. The molecule has 1 heterocycles. The second-order valence-corrected chi connectivity index (χ2v) is 5.43. The molecule has 24 heavy (non-hydrogen) atoms. The Morgan fingerprint density at radius 3 is 2.71 bits per heavy atom. The van der Waals surface area contributed by atoms with Crippen molar-refractivity contribution in [2.45, 2.75) is 0 Å². The van der Waals surface area contributed by atoms with E-state index in [9.17, 15) is 9.50 Å². The Balaban J connectivity index is 1.96. The van der Waals surface area contributed by atoms with Crippen molar-refractivity contribution in [2.75, 3.05) is 17.7 Å². The number of hydrogen-bond donors (Lipinski definition) is 3. The van der Waals surface area contributed by atoms with Crippen LogP contribution in [0.5, 0.6) is 5.75 Å². The van der Waals surface area contributed by atoms with Crippen molar-refractivity contribution < 1.29 is 9.50 Å². The van der Waals surface area contributed by atoms with Crippen LogP contribution in [0.3, 0.4) is 0 Å². The van der Waals surface area contributed by atoms with E-state index >= 15 is 0 Å². The first-order chi connectivity index (χ1) is 11.6. The molecule has 0 bridgehead atoms. The molecule has 5 nitrogen and oxygen atoms in total. The topological polar surface area (TPSA) is 70.1 Å². The fourth-order valence-electron chi connectivity index (χ4n) is 2.19. The van der Waals surface area contributed by atoms with Crippen LogP contribution < -0.4 is 10.6 Å². The highest BCUT2D eigenvalue weighted by Crippen LogP contribution is 2.32. The zero-order valence-corrected chi connectivity index (χ0v) is 13.5. The number of hydrogen-bond acceptors (Lipinski definition) is 5. The van der Waals surface area contributed by atoms with E-state index in [4.69, 9.17) is 11.6 Å². The highest BCUT2D eigenvalue weighted by molar-refractivity contribution is 6.30. The maximum absolute atomic E-state index is 13.9. The van der Waals surface area contributed by atoms with Gasteiger partial charge in [-0.3, -0.25) is 0 Å². The molecule has 0 atom stereocenters. The summed E-state index contributed by atoms with van der Waals surface area (Å²) in [7, 11) is 1.71. The van der Waals surface area contributed by atoms with E-state index in [-0.39, 0.29) is 11.4 Å². The van der Waals surface area contributed by atoms with Gasteiger partial charge in [-0.1, -0.05) is 11.6 Å². The van der Waals surface area contributed by atoms with Crippen LogP contribution in [0.4, 0.5) is 21.7 Å². The fraction of sp³-hybridized carbons (Fsp3) is 0.0588. The van der Waals surface area contributed by atoms with Gasteiger partial charge >= 0.3 is 0 Å². The molecule has 1 aromatic heterocycles. The molecule has 0 amide bonds. The third-order valence-electron chi connectivity index (χ3n) is 3.36. The molecule has 0 spiro atoms. The van der Waals surface area contributed by atoms with E-state index in [0.717, 1.165) is 0 Å².